The SMILES string of the molecule is CCOCCN(C)C(=O)c1c[nH]c2cc(N)ccc12. The van der Waals surface area contributed by atoms with E-state index >= 15 is 0 Å². The Hall–Kier alpha value is -2.01. The van der Waals surface area contributed by atoms with Gasteiger partial charge in [0.25, 0.3) is 5.91 Å². The van der Waals surface area contributed by atoms with Crippen LogP contribution >= 0.6 is 0 Å². The molecule has 1 aromatic heterocycles. The van der Waals surface area contributed by atoms with Crippen LogP contribution in [0.5, 0.6) is 0 Å². The highest BCUT2D eigenvalue weighted by molar-refractivity contribution is 6.07. The minimum absolute atomic E-state index is 0.0178. The van der Waals surface area contributed by atoms with Gasteiger partial charge in [-0.15, -0.1) is 0 Å². The van der Waals surface area contributed by atoms with Crippen molar-refractivity contribution in [1.29, 1.82) is 0 Å². The molecule has 1 heterocycles. The fraction of sp³-hybridized carbons (Fsp3) is 0.357. The maximum atomic E-state index is 12.3. The number of nitrogen functional groups attached to an aromatic ring is 1. The molecule has 0 aliphatic heterocycles. The van der Waals surface area contributed by atoms with E-state index in [1.165, 1.54) is 0 Å². The molecule has 5 nitrogen and oxygen atoms in total. The number of carbonyl (C=O) groups is 1. The zero-order valence-corrected chi connectivity index (χ0v) is 11.3. The summed E-state index contributed by atoms with van der Waals surface area (Å²) < 4.78 is 5.26. The number of aromatic amines is 1. The molecule has 0 radical (unpaired) electrons. The Bertz CT molecular complexity index is 577. The van der Waals surface area contributed by atoms with Gasteiger partial charge in [-0.2, -0.15) is 0 Å². The minimum Gasteiger partial charge on any atom is -0.399 e. The number of nitrogens with one attached hydrogen (secondary N) is 1. The predicted molar refractivity (Wildman–Crippen MR) is 76.2 cm³/mol. The van der Waals surface area contributed by atoms with Crippen molar-refractivity contribution < 1.29 is 9.53 Å². The van der Waals surface area contributed by atoms with Gasteiger partial charge in [0.1, 0.15) is 0 Å². The second kappa shape index (κ2) is 5.75. The summed E-state index contributed by atoms with van der Waals surface area (Å²) in [5.74, 6) is -0.0178. The molecule has 2 rings (SSSR count). The molecule has 0 aliphatic carbocycles. The van der Waals surface area contributed by atoms with Crippen molar-refractivity contribution in [3.8, 4) is 0 Å². The highest BCUT2D eigenvalue weighted by Gasteiger charge is 2.15. The molecule has 0 unspecified atom stereocenters. The number of ether oxygens (including phenoxy) is 1. The van der Waals surface area contributed by atoms with Crippen molar-refractivity contribution in [3.63, 3.8) is 0 Å². The number of benzene rings is 1. The van der Waals surface area contributed by atoms with Crippen molar-refractivity contribution >= 4 is 22.5 Å². The zero-order chi connectivity index (χ0) is 13.8. The third-order valence-corrected chi connectivity index (χ3v) is 3.06. The van der Waals surface area contributed by atoms with Gasteiger partial charge in [-0.1, -0.05) is 0 Å². The Morgan fingerprint density at radius 3 is 3.00 bits per heavy atom. The monoisotopic (exact) mass is 261 g/mol. The molecular weight excluding hydrogens is 242 g/mol. The number of carbonyl (C=O) groups excluding carboxylic acids is 1. The lowest BCUT2D eigenvalue weighted by Gasteiger charge is -2.16. The first-order valence-corrected chi connectivity index (χ1v) is 6.33. The summed E-state index contributed by atoms with van der Waals surface area (Å²) in [5.41, 5.74) is 7.93. The van der Waals surface area contributed by atoms with Crippen LogP contribution < -0.4 is 5.73 Å². The molecule has 5 heteroatoms. The Morgan fingerprint density at radius 1 is 1.47 bits per heavy atom. The van der Waals surface area contributed by atoms with Crippen molar-refractivity contribution in [2.75, 3.05) is 32.5 Å². The van der Waals surface area contributed by atoms with Crippen LogP contribution in [0.25, 0.3) is 10.9 Å². The van der Waals surface area contributed by atoms with E-state index in [2.05, 4.69) is 4.98 Å². The molecule has 0 saturated carbocycles. The standard InChI is InChI=1S/C14H19N3O2/c1-3-19-7-6-17(2)14(18)12-9-16-13-8-10(15)4-5-11(12)13/h4-5,8-9,16H,3,6-7,15H2,1-2H3. The summed E-state index contributed by atoms with van der Waals surface area (Å²) in [5, 5.41) is 0.891. The van der Waals surface area contributed by atoms with Gasteiger partial charge < -0.3 is 20.4 Å². The van der Waals surface area contributed by atoms with Gasteiger partial charge in [0.05, 0.1) is 12.2 Å². The number of aromatic nitrogens is 1. The maximum absolute atomic E-state index is 12.3. The first-order chi connectivity index (χ1) is 9.13. The van der Waals surface area contributed by atoms with Crippen LogP contribution in [0.4, 0.5) is 5.69 Å². The van der Waals surface area contributed by atoms with E-state index in [0.717, 1.165) is 10.9 Å². The number of H-pyrrole nitrogens is 1. The molecule has 102 valence electrons. The highest BCUT2D eigenvalue weighted by atomic mass is 16.5. The van der Waals surface area contributed by atoms with Crippen molar-refractivity contribution in [3.05, 3.63) is 30.0 Å². The van der Waals surface area contributed by atoms with E-state index in [9.17, 15) is 4.79 Å². The largest absolute Gasteiger partial charge is 0.399 e. The molecule has 3 N–H and O–H groups in total. The summed E-state index contributed by atoms with van der Waals surface area (Å²) in [7, 11) is 1.78. The van der Waals surface area contributed by atoms with Crippen LogP contribution in [0.2, 0.25) is 0 Å². The van der Waals surface area contributed by atoms with Crippen molar-refractivity contribution in [2.24, 2.45) is 0 Å². The highest BCUT2D eigenvalue weighted by Crippen LogP contribution is 2.21. The second-order valence-electron chi connectivity index (χ2n) is 4.43. The lowest BCUT2D eigenvalue weighted by molar-refractivity contribution is 0.0712. The lowest BCUT2D eigenvalue weighted by Crippen LogP contribution is -2.30. The van der Waals surface area contributed by atoms with E-state index in [-0.39, 0.29) is 5.91 Å². The minimum atomic E-state index is -0.0178. The van der Waals surface area contributed by atoms with Crippen LogP contribution in [0.15, 0.2) is 24.4 Å². The van der Waals surface area contributed by atoms with Gasteiger partial charge >= 0.3 is 0 Å². The number of nitrogens with zero attached hydrogens (tertiary/aromatic N) is 1. The summed E-state index contributed by atoms with van der Waals surface area (Å²) in [6, 6.07) is 5.49. The zero-order valence-electron chi connectivity index (χ0n) is 11.3. The Kier molecular flexibility index (Phi) is 4.06. The summed E-state index contributed by atoms with van der Waals surface area (Å²) >= 11 is 0. The summed E-state index contributed by atoms with van der Waals surface area (Å²) in [4.78, 5) is 17.1. The molecule has 1 amide bonds. The smallest absolute Gasteiger partial charge is 0.255 e. The Balaban J connectivity index is 2.17. The normalized spacial score (nSPS) is 10.8. The quantitative estimate of drug-likeness (QED) is 0.637. The number of fused-ring (bicyclic) bond motifs is 1. The van der Waals surface area contributed by atoms with Crippen LogP contribution in [0.3, 0.4) is 0 Å². The molecule has 0 saturated heterocycles. The molecular formula is C14H19N3O2. The number of hydrogen-bond donors (Lipinski definition) is 2. The van der Waals surface area contributed by atoms with Crippen molar-refractivity contribution in [2.45, 2.75) is 6.92 Å². The van der Waals surface area contributed by atoms with Crippen LogP contribution in [0, 0.1) is 0 Å². The first-order valence-electron chi connectivity index (χ1n) is 6.33. The van der Waals surface area contributed by atoms with E-state index in [0.29, 0.717) is 31.0 Å². The summed E-state index contributed by atoms with van der Waals surface area (Å²) in [6.45, 7) is 3.72. The van der Waals surface area contributed by atoms with Gasteiger partial charge in [-0.25, -0.2) is 0 Å². The predicted octanol–water partition coefficient (Wildman–Crippen LogP) is 1.86. The molecule has 0 bridgehead atoms. The molecule has 0 atom stereocenters. The van der Waals surface area contributed by atoms with Gasteiger partial charge in [0.15, 0.2) is 0 Å². The van der Waals surface area contributed by atoms with Gasteiger partial charge in [0, 0.05) is 43.0 Å². The first kappa shape index (κ1) is 13.4. The average Bonchev–Trinajstić information content (AvgIpc) is 2.80. The Labute approximate surface area is 112 Å². The molecule has 0 fully saturated rings. The van der Waals surface area contributed by atoms with E-state index in [1.807, 2.05) is 19.1 Å². The number of likely N-dealkylation sites (N-methyl/N-ethyl adjacent to an activating group) is 1. The number of hydrogen-bond acceptors (Lipinski definition) is 3. The van der Waals surface area contributed by atoms with Gasteiger partial charge in [-0.3, -0.25) is 4.79 Å². The number of nitrogens with two attached hydrogens (primary N) is 1. The number of anilines is 1. The Morgan fingerprint density at radius 2 is 2.26 bits per heavy atom. The van der Waals surface area contributed by atoms with E-state index in [4.69, 9.17) is 10.5 Å². The van der Waals surface area contributed by atoms with Crippen LogP contribution in [-0.4, -0.2) is 42.6 Å². The third-order valence-electron chi connectivity index (χ3n) is 3.06. The molecule has 0 aliphatic rings. The topological polar surface area (TPSA) is 71.3 Å². The summed E-state index contributed by atoms with van der Waals surface area (Å²) in [6.07, 6.45) is 1.73. The fourth-order valence-electron chi connectivity index (χ4n) is 1.97. The van der Waals surface area contributed by atoms with E-state index in [1.54, 1.807) is 24.2 Å². The molecule has 0 spiro atoms. The van der Waals surface area contributed by atoms with Crippen LogP contribution in [-0.2, 0) is 4.74 Å². The molecule has 1 aromatic carbocycles. The average molecular weight is 261 g/mol. The van der Waals surface area contributed by atoms with E-state index < -0.39 is 0 Å². The van der Waals surface area contributed by atoms with Gasteiger partial charge in [0.2, 0.25) is 0 Å². The second-order valence-corrected chi connectivity index (χ2v) is 4.43. The van der Waals surface area contributed by atoms with Crippen LogP contribution in [0.1, 0.15) is 17.3 Å². The number of rotatable bonds is 5. The third kappa shape index (κ3) is 2.88. The fourth-order valence-corrected chi connectivity index (χ4v) is 1.97. The maximum Gasteiger partial charge on any atom is 0.255 e. The van der Waals surface area contributed by atoms with Crippen molar-refractivity contribution in [1.82, 2.24) is 9.88 Å². The number of amides is 1. The molecule has 2 aromatic rings. The van der Waals surface area contributed by atoms with Gasteiger partial charge in [-0.05, 0) is 25.1 Å². The lowest BCUT2D eigenvalue weighted by atomic mass is 10.1. The molecule has 19 heavy (non-hydrogen) atoms.